The number of nitrogens with zero attached hydrogens (tertiary/aromatic N) is 4. The van der Waals surface area contributed by atoms with E-state index in [4.69, 9.17) is 0 Å². The number of hydrogen-bond acceptors (Lipinski definition) is 3. The number of hydrogen-bond donors (Lipinski definition) is 2. The summed E-state index contributed by atoms with van der Waals surface area (Å²) in [5, 5.41) is 15.3. The van der Waals surface area contributed by atoms with Gasteiger partial charge in [-0.2, -0.15) is 0 Å². The third kappa shape index (κ3) is 3.40. The number of guanidine groups is 1. The van der Waals surface area contributed by atoms with Gasteiger partial charge in [0.05, 0.1) is 0 Å². The molecule has 1 aliphatic carbocycles. The Bertz CT molecular complexity index is 895. The first-order chi connectivity index (χ1) is 12.8. The van der Waals surface area contributed by atoms with Crippen molar-refractivity contribution in [1.29, 1.82) is 0 Å². The number of rotatable bonds is 6. The first-order valence-corrected chi connectivity index (χ1v) is 9.09. The highest BCUT2D eigenvalue weighted by Crippen LogP contribution is 2.47. The van der Waals surface area contributed by atoms with Crippen molar-refractivity contribution in [2.24, 2.45) is 4.99 Å². The van der Waals surface area contributed by atoms with Crippen LogP contribution in [0.5, 0.6) is 0 Å². The van der Waals surface area contributed by atoms with E-state index in [1.165, 1.54) is 18.4 Å². The number of benzene rings is 1. The van der Waals surface area contributed by atoms with Crippen molar-refractivity contribution in [3.63, 3.8) is 0 Å². The second kappa shape index (κ2) is 7.15. The lowest BCUT2D eigenvalue weighted by Crippen LogP contribution is -2.42. The maximum Gasteiger partial charge on any atom is 0.191 e. The molecule has 0 radical (unpaired) electrons. The normalized spacial score (nSPS) is 15.8. The summed E-state index contributed by atoms with van der Waals surface area (Å²) in [7, 11) is 1.81. The van der Waals surface area contributed by atoms with Crippen molar-refractivity contribution in [3.05, 3.63) is 66.1 Å². The van der Waals surface area contributed by atoms with Gasteiger partial charge in [-0.05, 0) is 30.5 Å². The lowest BCUT2D eigenvalue weighted by molar-refractivity contribution is 0.644. The topological polar surface area (TPSA) is 66.6 Å². The van der Waals surface area contributed by atoms with Gasteiger partial charge in [-0.3, -0.25) is 9.39 Å². The molecule has 1 aliphatic rings. The van der Waals surface area contributed by atoms with Gasteiger partial charge in [0.1, 0.15) is 5.82 Å². The summed E-state index contributed by atoms with van der Waals surface area (Å²) >= 11 is 0. The molecule has 0 unspecified atom stereocenters. The van der Waals surface area contributed by atoms with Crippen molar-refractivity contribution in [3.8, 4) is 0 Å². The van der Waals surface area contributed by atoms with Crippen LogP contribution in [0.15, 0.2) is 59.7 Å². The molecule has 4 rings (SSSR count). The van der Waals surface area contributed by atoms with E-state index in [1.807, 2.05) is 35.8 Å². The third-order valence-corrected chi connectivity index (χ3v) is 5.08. The monoisotopic (exact) mass is 348 g/mol. The zero-order valence-electron chi connectivity index (χ0n) is 15.0. The summed E-state index contributed by atoms with van der Waals surface area (Å²) < 4.78 is 2.02. The van der Waals surface area contributed by atoms with Crippen LogP contribution in [0.3, 0.4) is 0 Å². The molecule has 6 heteroatoms. The van der Waals surface area contributed by atoms with Gasteiger partial charge in [0.2, 0.25) is 0 Å². The fourth-order valence-corrected chi connectivity index (χ4v) is 3.34. The van der Waals surface area contributed by atoms with Gasteiger partial charge < -0.3 is 10.6 Å². The zero-order chi connectivity index (χ0) is 17.8. The molecule has 1 saturated carbocycles. The van der Waals surface area contributed by atoms with Crippen molar-refractivity contribution in [2.45, 2.75) is 24.7 Å². The van der Waals surface area contributed by atoms with E-state index in [0.29, 0.717) is 0 Å². The van der Waals surface area contributed by atoms with E-state index in [1.54, 1.807) is 0 Å². The van der Waals surface area contributed by atoms with Crippen molar-refractivity contribution < 1.29 is 0 Å². The number of aliphatic imine (C=N–C) groups is 1. The molecule has 0 amide bonds. The van der Waals surface area contributed by atoms with Gasteiger partial charge >= 0.3 is 0 Å². The van der Waals surface area contributed by atoms with Gasteiger partial charge in [-0.1, -0.05) is 36.4 Å². The summed E-state index contributed by atoms with van der Waals surface area (Å²) in [5.74, 6) is 1.78. The van der Waals surface area contributed by atoms with Crippen molar-refractivity contribution >= 4 is 11.6 Å². The largest absolute Gasteiger partial charge is 0.356 e. The van der Waals surface area contributed by atoms with Crippen LogP contribution in [0, 0.1) is 0 Å². The molecule has 1 fully saturated rings. The Labute approximate surface area is 153 Å². The lowest BCUT2D eigenvalue weighted by atomic mass is 9.96. The molecule has 2 N–H and O–H groups in total. The number of pyridine rings is 1. The standard InChI is InChI=1S/C20H24N6/c1-21-19(23-15-20(11-12-20)16-7-3-2-4-8-16)22-13-10-18-25-24-17-9-5-6-14-26(17)18/h2-9,14H,10-13,15H2,1H3,(H2,21,22,23). The van der Waals surface area contributed by atoms with E-state index >= 15 is 0 Å². The Morgan fingerprint density at radius 1 is 1.08 bits per heavy atom. The molecule has 0 atom stereocenters. The smallest absolute Gasteiger partial charge is 0.191 e. The van der Waals surface area contributed by atoms with Gasteiger partial charge in [-0.25, -0.2) is 0 Å². The molecular formula is C20H24N6. The fourth-order valence-electron chi connectivity index (χ4n) is 3.34. The minimum Gasteiger partial charge on any atom is -0.356 e. The highest BCUT2D eigenvalue weighted by molar-refractivity contribution is 5.79. The highest BCUT2D eigenvalue weighted by atomic mass is 15.2. The van der Waals surface area contributed by atoms with Crippen molar-refractivity contribution in [1.82, 2.24) is 25.2 Å². The van der Waals surface area contributed by atoms with Crippen LogP contribution in [-0.2, 0) is 11.8 Å². The first kappa shape index (κ1) is 16.6. The number of aromatic nitrogens is 3. The Kier molecular flexibility index (Phi) is 4.56. The van der Waals surface area contributed by atoms with Gasteiger partial charge in [-0.15, -0.1) is 10.2 Å². The van der Waals surface area contributed by atoms with E-state index < -0.39 is 0 Å². The molecular weight excluding hydrogens is 324 g/mol. The minimum absolute atomic E-state index is 0.266. The summed E-state index contributed by atoms with van der Waals surface area (Å²) in [6.45, 7) is 1.66. The van der Waals surface area contributed by atoms with Crippen LogP contribution < -0.4 is 10.6 Å². The molecule has 134 valence electrons. The molecule has 3 aromatic rings. The molecule has 26 heavy (non-hydrogen) atoms. The highest BCUT2D eigenvalue weighted by Gasteiger charge is 2.43. The number of nitrogens with one attached hydrogen (secondary N) is 2. The molecule has 6 nitrogen and oxygen atoms in total. The van der Waals surface area contributed by atoms with Crippen LogP contribution in [0.2, 0.25) is 0 Å². The van der Waals surface area contributed by atoms with Gasteiger partial charge in [0.25, 0.3) is 0 Å². The van der Waals surface area contributed by atoms with Crippen LogP contribution in [0.1, 0.15) is 24.2 Å². The Balaban J connectivity index is 1.30. The van der Waals surface area contributed by atoms with E-state index in [-0.39, 0.29) is 5.41 Å². The molecule has 0 spiro atoms. The first-order valence-electron chi connectivity index (χ1n) is 9.09. The van der Waals surface area contributed by atoms with Gasteiger partial charge in [0, 0.05) is 38.2 Å². The molecule has 0 aliphatic heterocycles. The maximum atomic E-state index is 4.35. The Morgan fingerprint density at radius 3 is 2.65 bits per heavy atom. The maximum absolute atomic E-state index is 4.35. The van der Waals surface area contributed by atoms with Crippen LogP contribution in [-0.4, -0.2) is 40.7 Å². The third-order valence-electron chi connectivity index (χ3n) is 5.08. The SMILES string of the molecule is CN=C(NCCc1nnc2ccccn12)NCC1(c2ccccc2)CC1. The van der Waals surface area contributed by atoms with Crippen LogP contribution in [0.25, 0.3) is 5.65 Å². The summed E-state index contributed by atoms with van der Waals surface area (Å²) in [5.41, 5.74) is 2.56. The second-order valence-corrected chi connectivity index (χ2v) is 6.79. The average Bonchev–Trinajstić information content (AvgIpc) is 3.39. The van der Waals surface area contributed by atoms with Gasteiger partial charge in [0.15, 0.2) is 11.6 Å². The van der Waals surface area contributed by atoms with E-state index in [2.05, 4.69) is 56.2 Å². The van der Waals surface area contributed by atoms with Crippen LogP contribution in [0.4, 0.5) is 0 Å². The fraction of sp³-hybridized carbons (Fsp3) is 0.350. The molecule has 2 aromatic heterocycles. The predicted octanol–water partition coefficient (Wildman–Crippen LogP) is 2.17. The van der Waals surface area contributed by atoms with Crippen LogP contribution >= 0.6 is 0 Å². The average molecular weight is 348 g/mol. The van der Waals surface area contributed by atoms with Crippen molar-refractivity contribution in [2.75, 3.05) is 20.1 Å². The number of fused-ring (bicyclic) bond motifs is 1. The minimum atomic E-state index is 0.266. The molecule has 2 heterocycles. The quantitative estimate of drug-likeness (QED) is 0.529. The Hall–Kier alpha value is -2.89. The summed E-state index contributed by atoms with van der Waals surface area (Å²) in [4.78, 5) is 4.35. The predicted molar refractivity (Wildman–Crippen MR) is 103 cm³/mol. The summed E-state index contributed by atoms with van der Waals surface area (Å²) in [6, 6.07) is 16.7. The lowest BCUT2D eigenvalue weighted by Gasteiger charge is -2.19. The van der Waals surface area contributed by atoms with E-state index in [0.717, 1.165) is 36.9 Å². The molecule has 0 saturated heterocycles. The summed E-state index contributed by atoms with van der Waals surface area (Å²) in [6.07, 6.45) is 5.24. The molecule has 1 aromatic carbocycles. The second-order valence-electron chi connectivity index (χ2n) is 6.79. The Morgan fingerprint density at radius 2 is 1.88 bits per heavy atom. The molecule has 0 bridgehead atoms. The van der Waals surface area contributed by atoms with E-state index in [9.17, 15) is 0 Å². The zero-order valence-corrected chi connectivity index (χ0v) is 15.0.